The highest BCUT2D eigenvalue weighted by Crippen LogP contribution is 2.49. The Morgan fingerprint density at radius 2 is 1.46 bits per heavy atom. The lowest BCUT2D eigenvalue weighted by Gasteiger charge is -2.32. The number of benzene rings is 1. The minimum absolute atomic E-state index is 0.0143. The van der Waals surface area contributed by atoms with Crippen molar-refractivity contribution in [1.82, 2.24) is 0 Å². The molecule has 0 bridgehead atoms. The van der Waals surface area contributed by atoms with Gasteiger partial charge in [-0.2, -0.15) is 14.0 Å². The van der Waals surface area contributed by atoms with E-state index in [2.05, 4.69) is 0 Å². The second-order valence-electron chi connectivity index (χ2n) is 8.49. The molecule has 0 N–H and O–H groups in total. The molecule has 28 heavy (non-hydrogen) atoms. The molecule has 1 atom stereocenters. The van der Waals surface area contributed by atoms with Crippen molar-refractivity contribution < 1.29 is 32.9 Å². The van der Waals surface area contributed by atoms with Crippen LogP contribution in [0.1, 0.15) is 47.1 Å². The van der Waals surface area contributed by atoms with Crippen molar-refractivity contribution >= 4 is 26.9 Å². The fourth-order valence-electron chi connectivity index (χ4n) is 2.63. The predicted octanol–water partition coefficient (Wildman–Crippen LogP) is 2.24. The lowest BCUT2D eigenvalue weighted by Crippen LogP contribution is -2.60. The molecule has 0 fully saturated rings. The first-order chi connectivity index (χ1) is 12.6. The first-order valence-corrected chi connectivity index (χ1v) is 10.9. The quantitative estimate of drug-likeness (QED) is 0.411. The topological polar surface area (TPSA) is 122 Å². The molecular weight excluding hydrogens is 406 g/mol. The number of nitro groups is 1. The monoisotopic (exact) mass is 429 g/mol. The Balaban J connectivity index is 2.71. The summed E-state index contributed by atoms with van der Waals surface area (Å²) >= 11 is 0. The summed E-state index contributed by atoms with van der Waals surface area (Å²) in [5.74, 6) is 0. The molecular formula is C19H24ClNO6S. The van der Waals surface area contributed by atoms with Gasteiger partial charge in [0.15, 0.2) is 0 Å². The summed E-state index contributed by atoms with van der Waals surface area (Å²) in [5.41, 5.74) is 0.566. The van der Waals surface area contributed by atoms with Gasteiger partial charge in [-0.05, 0) is 46.3 Å². The smallest absolute Gasteiger partial charge is 0.258 e. The molecule has 154 valence electrons. The molecule has 0 radical (unpaired) electrons. The van der Waals surface area contributed by atoms with Crippen LogP contribution in [0, 0.1) is 31.2 Å². The molecule has 9 heteroatoms. The highest BCUT2D eigenvalue weighted by atomic mass is 35.7. The minimum atomic E-state index is -4.61. The predicted molar refractivity (Wildman–Crippen MR) is 102 cm³/mol. The minimum Gasteiger partial charge on any atom is -0.258 e. The first-order valence-electron chi connectivity index (χ1n) is 8.51. The highest BCUT2D eigenvalue weighted by molar-refractivity contribution is 8.15. The molecule has 0 saturated heterocycles. The first kappa shape index (κ1) is 22.7. The number of hydrogen-bond acceptors (Lipinski definition) is 6. The maximum absolute atomic E-state index is 11.4. The van der Waals surface area contributed by atoms with Crippen molar-refractivity contribution in [3.63, 3.8) is 0 Å². The highest BCUT2D eigenvalue weighted by Gasteiger charge is 2.38. The number of hydrogen-bond donors (Lipinski definition) is 0. The average molecular weight is 430 g/mol. The van der Waals surface area contributed by atoms with E-state index >= 15 is 0 Å². The molecule has 1 aliphatic rings. The Labute approximate surface area is 169 Å². The van der Waals surface area contributed by atoms with Gasteiger partial charge in [-0.25, -0.2) is 0 Å². The van der Waals surface area contributed by atoms with Crippen LogP contribution in [-0.4, -0.2) is 9.79 Å². The van der Waals surface area contributed by atoms with Gasteiger partial charge < -0.3 is 0 Å². The SMILES string of the molecule is CC(C)(C)C1=CC(c2ccc([N+](=O)[O-])cc2)=CC(C(C)(C)C)=S1O[Cl+3]([O-])([O-])[O-]. The lowest BCUT2D eigenvalue weighted by atomic mass is 9.88. The van der Waals surface area contributed by atoms with Crippen LogP contribution < -0.4 is 14.0 Å². The van der Waals surface area contributed by atoms with E-state index in [1.807, 2.05) is 41.5 Å². The summed E-state index contributed by atoms with van der Waals surface area (Å²) in [6.07, 6.45) is 3.61. The van der Waals surface area contributed by atoms with Crippen molar-refractivity contribution in [1.29, 1.82) is 0 Å². The molecule has 0 saturated carbocycles. The molecule has 1 heterocycles. The van der Waals surface area contributed by atoms with Crippen molar-refractivity contribution in [3.05, 3.63) is 57.0 Å². The van der Waals surface area contributed by atoms with Gasteiger partial charge in [0.05, 0.1) is 15.2 Å². The Hall–Kier alpha value is -1.55. The third-order valence-corrected chi connectivity index (χ3v) is 7.38. The number of nitrogens with zero attached hydrogens (tertiary/aromatic N) is 1. The van der Waals surface area contributed by atoms with Gasteiger partial charge >= 0.3 is 0 Å². The normalized spacial score (nSPS) is 18.6. The third kappa shape index (κ3) is 5.50. The molecule has 0 aliphatic carbocycles. The van der Waals surface area contributed by atoms with Crippen LogP contribution in [0.4, 0.5) is 5.69 Å². The van der Waals surface area contributed by atoms with Crippen LogP contribution in [0.2, 0.25) is 0 Å². The summed E-state index contributed by atoms with van der Waals surface area (Å²) < 4.78 is 39.1. The van der Waals surface area contributed by atoms with Crippen LogP contribution in [0.3, 0.4) is 0 Å². The zero-order chi connectivity index (χ0) is 21.5. The van der Waals surface area contributed by atoms with Crippen LogP contribution >= 0.6 is 10.8 Å². The van der Waals surface area contributed by atoms with Gasteiger partial charge in [0.2, 0.25) is 0 Å². The van der Waals surface area contributed by atoms with Gasteiger partial charge in [0.1, 0.15) is 14.5 Å². The largest absolute Gasteiger partial charge is 0.269 e. The second kappa shape index (κ2) is 7.70. The molecule has 1 aliphatic heterocycles. The van der Waals surface area contributed by atoms with Gasteiger partial charge in [0.25, 0.3) is 5.69 Å². The summed E-state index contributed by atoms with van der Waals surface area (Å²) in [6.45, 7) is 11.5. The van der Waals surface area contributed by atoms with E-state index in [0.29, 0.717) is 9.77 Å². The molecule has 1 unspecified atom stereocenters. The van der Waals surface area contributed by atoms with E-state index < -0.39 is 36.8 Å². The summed E-state index contributed by atoms with van der Waals surface area (Å²) in [6, 6.07) is 6.13. The number of rotatable bonds is 4. The maximum Gasteiger partial charge on any atom is 0.269 e. The van der Waals surface area contributed by atoms with Crippen LogP contribution in [-0.2, 0) is 3.74 Å². The van der Waals surface area contributed by atoms with Crippen LogP contribution in [0.15, 0.2) is 41.3 Å². The van der Waals surface area contributed by atoms with E-state index in [1.165, 1.54) is 12.1 Å². The molecule has 1 aromatic rings. The van der Waals surface area contributed by atoms with Crippen LogP contribution in [0.25, 0.3) is 5.57 Å². The van der Waals surface area contributed by atoms with Gasteiger partial charge in [-0.15, -0.1) is 0 Å². The van der Waals surface area contributed by atoms with Crippen molar-refractivity contribution in [3.8, 4) is 0 Å². The molecule has 0 amide bonds. The number of allylic oxidation sites excluding steroid dienone is 4. The van der Waals surface area contributed by atoms with Crippen molar-refractivity contribution in [2.24, 2.45) is 10.8 Å². The average Bonchev–Trinajstić information content (AvgIpc) is 2.51. The van der Waals surface area contributed by atoms with Crippen molar-refractivity contribution in [2.45, 2.75) is 41.5 Å². The van der Waals surface area contributed by atoms with Gasteiger partial charge in [0, 0.05) is 21.9 Å². The maximum atomic E-state index is 11.4. The summed E-state index contributed by atoms with van der Waals surface area (Å²) in [7, 11) is -5.97. The van der Waals surface area contributed by atoms with Gasteiger partial charge in [-0.3, -0.25) is 10.1 Å². The second-order valence-corrected chi connectivity index (χ2v) is 11.2. The molecule has 0 aromatic heterocycles. The number of halogens is 1. The Morgan fingerprint density at radius 1 is 0.929 bits per heavy atom. The van der Waals surface area contributed by atoms with Crippen molar-refractivity contribution in [2.75, 3.05) is 0 Å². The zero-order valence-electron chi connectivity index (χ0n) is 16.6. The third-order valence-electron chi connectivity index (χ3n) is 4.00. The fraction of sp³-hybridized carbons (Fsp3) is 0.421. The fourth-order valence-corrected chi connectivity index (χ4v) is 5.60. The Morgan fingerprint density at radius 3 is 1.86 bits per heavy atom. The van der Waals surface area contributed by atoms with E-state index in [9.17, 15) is 24.1 Å². The van der Waals surface area contributed by atoms with Gasteiger partial charge in [-0.1, -0.05) is 41.5 Å². The molecule has 2 rings (SSSR count). The molecule has 1 aromatic carbocycles. The van der Waals surface area contributed by atoms with Crippen LogP contribution in [0.5, 0.6) is 0 Å². The number of nitro benzene ring substituents is 1. The summed E-state index contributed by atoms with van der Waals surface area (Å²) in [4.78, 5) is 11.8. The Kier molecular flexibility index (Phi) is 6.25. The van der Waals surface area contributed by atoms with E-state index in [0.717, 1.165) is 11.1 Å². The zero-order valence-corrected chi connectivity index (χ0v) is 18.2. The Bertz CT molecular complexity index is 868. The van der Waals surface area contributed by atoms with E-state index in [4.69, 9.17) is 3.74 Å². The lowest BCUT2D eigenvalue weighted by molar-refractivity contribution is -1.91. The summed E-state index contributed by atoms with van der Waals surface area (Å²) in [5, 5.41) is 10.9. The number of non-ortho nitro benzene ring substituents is 1. The van der Waals surface area contributed by atoms with E-state index in [1.54, 1.807) is 24.3 Å². The standard InChI is InChI=1S/C19H24ClNO6S/c1-18(2,3)16-11-14(13-7-9-15(10-8-13)21(25)26)12-17(19(4,5)6)28(16)27-20(22,23)24/h7-12H,1-6H3. The molecule has 7 nitrogen and oxygen atoms in total. The molecule has 0 spiro atoms. The van der Waals surface area contributed by atoms with E-state index in [-0.39, 0.29) is 5.69 Å².